The number of hydrazone groups is 1. The zero-order valence-corrected chi connectivity index (χ0v) is 16.7. The molecule has 0 saturated heterocycles. The first kappa shape index (κ1) is 20.3. The van der Waals surface area contributed by atoms with Crippen molar-refractivity contribution in [1.29, 1.82) is 0 Å². The Labute approximate surface area is 178 Å². The van der Waals surface area contributed by atoms with Gasteiger partial charge in [0.15, 0.2) is 0 Å². The Balaban J connectivity index is 1.21. The van der Waals surface area contributed by atoms with Crippen molar-refractivity contribution >= 4 is 23.2 Å². The lowest BCUT2D eigenvalue weighted by molar-refractivity contribution is -0.121. The number of halogens is 1. The number of para-hydroxylation sites is 2. The molecule has 0 atom stereocenters. The molecule has 0 saturated carbocycles. The molecule has 156 valence electrons. The standard InChI is InChI=1S/C24H21FN4O2/c25-19-9-5-18(6-10-19)16-31-20-11-7-17(8-12-20)15-26-29-24(30)14-13-23-27-21-3-1-2-4-22(21)28-23/h1-12,15H,13-14,16H2,(H,27,28)(H,29,30)/b26-15-. The van der Waals surface area contributed by atoms with Crippen LogP contribution in [0, 0.1) is 5.82 Å². The number of nitrogens with zero attached hydrogens (tertiary/aromatic N) is 2. The zero-order chi connectivity index (χ0) is 21.5. The normalized spacial score (nSPS) is 11.1. The first-order chi connectivity index (χ1) is 15.2. The molecular formula is C24H21FN4O2. The number of hydrogen-bond donors (Lipinski definition) is 2. The number of hydrogen-bond acceptors (Lipinski definition) is 4. The number of fused-ring (bicyclic) bond motifs is 1. The van der Waals surface area contributed by atoms with Gasteiger partial charge in [-0.25, -0.2) is 14.8 Å². The molecule has 0 fully saturated rings. The number of carbonyl (C=O) groups is 1. The van der Waals surface area contributed by atoms with Crippen LogP contribution >= 0.6 is 0 Å². The molecule has 1 amide bonds. The topological polar surface area (TPSA) is 79.4 Å². The smallest absolute Gasteiger partial charge is 0.240 e. The van der Waals surface area contributed by atoms with Gasteiger partial charge in [-0.3, -0.25) is 4.79 Å². The lowest BCUT2D eigenvalue weighted by atomic mass is 10.2. The summed E-state index contributed by atoms with van der Waals surface area (Å²) in [7, 11) is 0. The van der Waals surface area contributed by atoms with Crippen molar-refractivity contribution in [3.63, 3.8) is 0 Å². The Morgan fingerprint density at radius 2 is 1.84 bits per heavy atom. The third kappa shape index (κ3) is 5.76. The maximum Gasteiger partial charge on any atom is 0.240 e. The number of amides is 1. The molecule has 4 aromatic rings. The van der Waals surface area contributed by atoms with Gasteiger partial charge in [-0.15, -0.1) is 0 Å². The highest BCUT2D eigenvalue weighted by Crippen LogP contribution is 2.14. The molecule has 0 bridgehead atoms. The van der Waals surface area contributed by atoms with E-state index in [2.05, 4.69) is 20.5 Å². The van der Waals surface area contributed by atoms with Crippen LogP contribution in [0.2, 0.25) is 0 Å². The Bertz CT molecular complexity index is 1150. The van der Waals surface area contributed by atoms with Gasteiger partial charge >= 0.3 is 0 Å². The van der Waals surface area contributed by atoms with Crippen LogP contribution in [0.5, 0.6) is 5.75 Å². The van der Waals surface area contributed by atoms with Gasteiger partial charge in [-0.05, 0) is 59.7 Å². The molecule has 0 radical (unpaired) electrons. The molecule has 7 heteroatoms. The van der Waals surface area contributed by atoms with Crippen molar-refractivity contribution in [3.8, 4) is 5.75 Å². The van der Waals surface area contributed by atoms with Gasteiger partial charge in [-0.1, -0.05) is 24.3 Å². The number of rotatable bonds is 8. The maximum absolute atomic E-state index is 12.9. The predicted molar refractivity (Wildman–Crippen MR) is 117 cm³/mol. The minimum Gasteiger partial charge on any atom is -0.489 e. The number of H-pyrrole nitrogens is 1. The number of aromatic nitrogens is 2. The van der Waals surface area contributed by atoms with E-state index in [1.807, 2.05) is 48.5 Å². The van der Waals surface area contributed by atoms with E-state index in [-0.39, 0.29) is 18.1 Å². The van der Waals surface area contributed by atoms with E-state index in [0.717, 1.165) is 28.0 Å². The third-order valence-corrected chi connectivity index (χ3v) is 4.63. The van der Waals surface area contributed by atoms with Crippen molar-refractivity contribution in [2.24, 2.45) is 5.10 Å². The average Bonchev–Trinajstić information content (AvgIpc) is 3.21. The number of carbonyl (C=O) groups excluding carboxylic acids is 1. The van der Waals surface area contributed by atoms with Crippen molar-refractivity contribution in [3.05, 3.63) is 95.6 Å². The van der Waals surface area contributed by atoms with E-state index >= 15 is 0 Å². The molecule has 2 N–H and O–H groups in total. The van der Waals surface area contributed by atoms with E-state index in [0.29, 0.717) is 18.8 Å². The second-order valence-electron chi connectivity index (χ2n) is 6.98. The summed E-state index contributed by atoms with van der Waals surface area (Å²) in [5.74, 6) is 1.01. The van der Waals surface area contributed by atoms with E-state index in [9.17, 15) is 9.18 Å². The van der Waals surface area contributed by atoms with Crippen molar-refractivity contribution in [2.75, 3.05) is 0 Å². The average molecular weight is 416 g/mol. The molecule has 1 aromatic heterocycles. The fourth-order valence-corrected chi connectivity index (χ4v) is 2.99. The van der Waals surface area contributed by atoms with Gasteiger partial charge in [0, 0.05) is 12.8 Å². The molecular weight excluding hydrogens is 395 g/mol. The van der Waals surface area contributed by atoms with Crippen LogP contribution in [0.15, 0.2) is 77.9 Å². The van der Waals surface area contributed by atoms with Gasteiger partial charge in [0.2, 0.25) is 5.91 Å². The van der Waals surface area contributed by atoms with Crippen molar-refractivity contribution < 1.29 is 13.9 Å². The molecule has 6 nitrogen and oxygen atoms in total. The highest BCUT2D eigenvalue weighted by atomic mass is 19.1. The summed E-state index contributed by atoms with van der Waals surface area (Å²) >= 11 is 0. The van der Waals surface area contributed by atoms with E-state index in [4.69, 9.17) is 4.74 Å². The number of imidazole rings is 1. The van der Waals surface area contributed by atoms with Gasteiger partial charge in [0.1, 0.15) is 24.0 Å². The molecule has 0 aliphatic carbocycles. The van der Waals surface area contributed by atoms with Crippen LogP contribution in [-0.4, -0.2) is 22.1 Å². The maximum atomic E-state index is 12.9. The molecule has 31 heavy (non-hydrogen) atoms. The molecule has 0 spiro atoms. The largest absolute Gasteiger partial charge is 0.489 e. The second kappa shape index (κ2) is 9.67. The predicted octanol–water partition coefficient (Wildman–Crippen LogP) is 4.36. The van der Waals surface area contributed by atoms with Gasteiger partial charge in [0.25, 0.3) is 0 Å². The van der Waals surface area contributed by atoms with Crippen LogP contribution in [0.1, 0.15) is 23.4 Å². The fraction of sp³-hybridized carbons (Fsp3) is 0.125. The summed E-state index contributed by atoms with van der Waals surface area (Å²) in [6, 6.07) is 21.2. The van der Waals surface area contributed by atoms with Crippen LogP contribution in [0.3, 0.4) is 0 Å². The minimum absolute atomic E-state index is 0.184. The molecule has 0 aliphatic rings. The lowest BCUT2D eigenvalue weighted by Crippen LogP contribution is -2.18. The summed E-state index contributed by atoms with van der Waals surface area (Å²) in [5.41, 5.74) is 6.09. The number of aromatic amines is 1. The molecule has 4 rings (SSSR count). The van der Waals surface area contributed by atoms with Gasteiger partial charge in [0.05, 0.1) is 17.2 Å². The SMILES string of the molecule is O=C(CCc1nc2ccccc2[nH]1)N/N=C\c1ccc(OCc2ccc(F)cc2)cc1. The number of benzene rings is 3. The summed E-state index contributed by atoms with van der Waals surface area (Å²) < 4.78 is 18.6. The van der Waals surface area contributed by atoms with E-state index < -0.39 is 0 Å². The Hall–Kier alpha value is -4.00. The minimum atomic E-state index is -0.269. The fourth-order valence-electron chi connectivity index (χ4n) is 2.99. The van der Waals surface area contributed by atoms with E-state index in [1.165, 1.54) is 12.1 Å². The Morgan fingerprint density at radius 3 is 2.61 bits per heavy atom. The second-order valence-corrected chi connectivity index (χ2v) is 6.98. The summed E-state index contributed by atoms with van der Waals surface area (Å²) in [4.78, 5) is 19.7. The molecule has 3 aromatic carbocycles. The number of nitrogens with one attached hydrogen (secondary N) is 2. The summed E-state index contributed by atoms with van der Waals surface area (Å²) in [6.07, 6.45) is 2.37. The number of aryl methyl sites for hydroxylation is 1. The van der Waals surface area contributed by atoms with Crippen LogP contribution < -0.4 is 10.2 Å². The zero-order valence-electron chi connectivity index (χ0n) is 16.7. The summed E-state index contributed by atoms with van der Waals surface area (Å²) in [5, 5.41) is 4.00. The first-order valence-corrected chi connectivity index (χ1v) is 9.88. The van der Waals surface area contributed by atoms with Crippen molar-refractivity contribution in [1.82, 2.24) is 15.4 Å². The highest BCUT2D eigenvalue weighted by Gasteiger charge is 2.05. The highest BCUT2D eigenvalue weighted by molar-refractivity contribution is 5.82. The lowest BCUT2D eigenvalue weighted by Gasteiger charge is -2.06. The monoisotopic (exact) mass is 416 g/mol. The third-order valence-electron chi connectivity index (χ3n) is 4.63. The van der Waals surface area contributed by atoms with Crippen LogP contribution in [0.4, 0.5) is 4.39 Å². The summed E-state index contributed by atoms with van der Waals surface area (Å²) in [6.45, 7) is 0.356. The Kier molecular flexibility index (Phi) is 6.32. The molecule has 0 aliphatic heterocycles. The van der Waals surface area contributed by atoms with Crippen LogP contribution in [-0.2, 0) is 17.8 Å². The first-order valence-electron chi connectivity index (χ1n) is 9.88. The van der Waals surface area contributed by atoms with Crippen LogP contribution in [0.25, 0.3) is 11.0 Å². The number of ether oxygens (including phenoxy) is 1. The van der Waals surface area contributed by atoms with Gasteiger partial charge in [-0.2, -0.15) is 5.10 Å². The van der Waals surface area contributed by atoms with E-state index in [1.54, 1.807) is 18.3 Å². The Morgan fingerprint density at radius 1 is 1.06 bits per heavy atom. The van der Waals surface area contributed by atoms with Crippen molar-refractivity contribution in [2.45, 2.75) is 19.4 Å². The van der Waals surface area contributed by atoms with Gasteiger partial charge < -0.3 is 9.72 Å². The molecule has 0 unspecified atom stereocenters. The quantitative estimate of drug-likeness (QED) is 0.331. The molecule has 1 heterocycles.